The fourth-order valence-corrected chi connectivity index (χ4v) is 10.5. The van der Waals surface area contributed by atoms with E-state index in [1.807, 2.05) is 0 Å². The van der Waals surface area contributed by atoms with E-state index in [0.29, 0.717) is 19.3 Å². The van der Waals surface area contributed by atoms with E-state index in [1.54, 1.807) is 0 Å². The van der Waals surface area contributed by atoms with Crippen LogP contribution in [0.1, 0.15) is 374 Å². The molecule has 0 aromatic carbocycles. The second-order valence-corrected chi connectivity index (χ2v) is 23.8. The Morgan fingerprint density at radius 3 is 0.762 bits per heavy atom. The first kappa shape index (κ1) is 77.1. The van der Waals surface area contributed by atoms with Gasteiger partial charge in [-0.15, -0.1) is 0 Å². The van der Waals surface area contributed by atoms with E-state index in [-0.39, 0.29) is 31.1 Å². The lowest BCUT2D eigenvalue weighted by molar-refractivity contribution is -0.167. The van der Waals surface area contributed by atoms with Crippen molar-refractivity contribution < 1.29 is 28.6 Å². The van der Waals surface area contributed by atoms with Crippen LogP contribution in [0.5, 0.6) is 0 Å². The molecule has 0 bridgehead atoms. The molecule has 0 aromatic rings. The predicted octanol–water partition coefficient (Wildman–Crippen LogP) is 24.3. The molecule has 0 heterocycles. The summed E-state index contributed by atoms with van der Waals surface area (Å²) in [5.41, 5.74) is 0. The SMILES string of the molecule is CC/C=C\C/C=C\C/C=C\C/C=C\C/C=C\CCCCCCCCCCCCCCCC(=O)OCC(COC(=O)CCCCCCCCCCC)OC(=O)CCCCCCCCCCCCCCCCCCCCCCCCCC. The third-order valence-corrected chi connectivity index (χ3v) is 15.8. The Kier molecular flexibility index (Phi) is 66.1. The van der Waals surface area contributed by atoms with E-state index in [9.17, 15) is 14.4 Å². The molecule has 6 heteroatoms. The Balaban J connectivity index is 4.12. The molecule has 0 amide bonds. The third-order valence-electron chi connectivity index (χ3n) is 15.8. The Bertz CT molecular complexity index is 1430. The van der Waals surface area contributed by atoms with Gasteiger partial charge >= 0.3 is 17.9 Å². The second kappa shape index (κ2) is 68.6. The van der Waals surface area contributed by atoms with Crippen LogP contribution in [0.4, 0.5) is 0 Å². The summed E-state index contributed by atoms with van der Waals surface area (Å²) in [6.45, 7) is 6.57. The molecule has 466 valence electrons. The minimum absolute atomic E-state index is 0.0683. The zero-order chi connectivity index (χ0) is 57.8. The second-order valence-electron chi connectivity index (χ2n) is 23.8. The Morgan fingerprint density at radius 1 is 0.263 bits per heavy atom. The van der Waals surface area contributed by atoms with Gasteiger partial charge in [-0.2, -0.15) is 0 Å². The van der Waals surface area contributed by atoms with Crippen molar-refractivity contribution in [1.29, 1.82) is 0 Å². The van der Waals surface area contributed by atoms with Gasteiger partial charge in [-0.3, -0.25) is 14.4 Å². The first-order valence-corrected chi connectivity index (χ1v) is 35.3. The highest BCUT2D eigenvalue weighted by Crippen LogP contribution is 2.18. The first-order chi connectivity index (χ1) is 39.5. The fraction of sp³-hybridized carbons (Fsp3) is 0.824. The number of ether oxygens (including phenoxy) is 3. The molecular formula is C74H134O6. The summed E-state index contributed by atoms with van der Waals surface area (Å²) < 4.78 is 16.9. The van der Waals surface area contributed by atoms with Gasteiger partial charge in [0.2, 0.25) is 0 Å². The molecule has 1 unspecified atom stereocenters. The van der Waals surface area contributed by atoms with Gasteiger partial charge in [-0.1, -0.05) is 351 Å². The van der Waals surface area contributed by atoms with Crippen molar-refractivity contribution in [2.45, 2.75) is 380 Å². The lowest BCUT2D eigenvalue weighted by Gasteiger charge is -2.18. The van der Waals surface area contributed by atoms with Crippen LogP contribution < -0.4 is 0 Å². The molecule has 0 saturated carbocycles. The van der Waals surface area contributed by atoms with Gasteiger partial charge in [0.1, 0.15) is 13.2 Å². The summed E-state index contributed by atoms with van der Waals surface area (Å²) in [5, 5.41) is 0. The number of hydrogen-bond acceptors (Lipinski definition) is 6. The van der Waals surface area contributed by atoms with Gasteiger partial charge < -0.3 is 14.2 Å². The largest absolute Gasteiger partial charge is 0.462 e. The normalized spacial score (nSPS) is 12.4. The minimum atomic E-state index is -0.770. The molecule has 0 radical (unpaired) electrons. The van der Waals surface area contributed by atoms with E-state index in [1.165, 1.54) is 244 Å². The number of unbranched alkanes of at least 4 members (excludes halogenated alkanes) is 44. The van der Waals surface area contributed by atoms with E-state index in [2.05, 4.69) is 81.5 Å². The zero-order valence-corrected chi connectivity index (χ0v) is 53.6. The topological polar surface area (TPSA) is 78.9 Å². The molecule has 80 heavy (non-hydrogen) atoms. The molecule has 0 rings (SSSR count). The first-order valence-electron chi connectivity index (χ1n) is 35.3. The third kappa shape index (κ3) is 65.9. The predicted molar refractivity (Wildman–Crippen MR) is 348 cm³/mol. The Hall–Kier alpha value is -2.89. The van der Waals surface area contributed by atoms with E-state index >= 15 is 0 Å². The van der Waals surface area contributed by atoms with Gasteiger partial charge in [0.15, 0.2) is 6.10 Å². The number of hydrogen-bond donors (Lipinski definition) is 0. The van der Waals surface area contributed by atoms with Gasteiger partial charge in [0.25, 0.3) is 0 Å². The van der Waals surface area contributed by atoms with Crippen molar-refractivity contribution in [2.75, 3.05) is 13.2 Å². The van der Waals surface area contributed by atoms with Crippen LogP contribution in [-0.2, 0) is 28.6 Å². The van der Waals surface area contributed by atoms with Crippen molar-refractivity contribution in [3.8, 4) is 0 Å². The molecule has 0 aromatic heterocycles. The standard InChI is InChI=1S/C74H134O6/c1-4-7-10-13-16-19-21-23-25-27-29-31-33-35-36-37-38-39-41-42-44-46-48-50-52-55-58-61-64-67-73(76)79-70-71(69-78-72(75)66-63-60-57-54-18-15-12-9-6-3)80-74(77)68-65-62-59-56-53-51-49-47-45-43-40-34-32-30-28-26-24-22-20-17-14-11-8-5-2/h7,10,16,19,23,25,29,31,35-36,71H,4-6,8-9,11-15,17-18,20-22,24,26-28,30,32-34,37-70H2,1-3H3/b10-7-,19-16-,25-23-,31-29-,36-35-. The molecule has 0 saturated heterocycles. The van der Waals surface area contributed by atoms with Crippen LogP contribution in [0.2, 0.25) is 0 Å². The molecular weight excluding hydrogens is 985 g/mol. The summed E-state index contributed by atoms with van der Waals surface area (Å²) in [7, 11) is 0. The number of carbonyl (C=O) groups excluding carboxylic acids is 3. The zero-order valence-electron chi connectivity index (χ0n) is 53.6. The van der Waals surface area contributed by atoms with Gasteiger partial charge in [-0.25, -0.2) is 0 Å². The molecule has 0 aliphatic heterocycles. The lowest BCUT2D eigenvalue weighted by Crippen LogP contribution is -2.30. The highest BCUT2D eigenvalue weighted by atomic mass is 16.6. The van der Waals surface area contributed by atoms with Crippen molar-refractivity contribution >= 4 is 17.9 Å². The molecule has 0 aliphatic rings. The molecule has 0 spiro atoms. The summed E-state index contributed by atoms with van der Waals surface area (Å²) in [4.78, 5) is 38.3. The van der Waals surface area contributed by atoms with Crippen LogP contribution in [-0.4, -0.2) is 37.2 Å². The smallest absolute Gasteiger partial charge is 0.306 e. The highest BCUT2D eigenvalue weighted by molar-refractivity contribution is 5.71. The maximum absolute atomic E-state index is 12.9. The number of esters is 3. The van der Waals surface area contributed by atoms with Crippen LogP contribution in [0.3, 0.4) is 0 Å². The molecule has 0 aliphatic carbocycles. The summed E-state index contributed by atoms with van der Waals surface area (Å²) in [6, 6.07) is 0. The van der Waals surface area contributed by atoms with Crippen molar-refractivity contribution in [3.05, 3.63) is 60.8 Å². The molecule has 0 fully saturated rings. The van der Waals surface area contributed by atoms with Crippen molar-refractivity contribution in [1.82, 2.24) is 0 Å². The quantitative estimate of drug-likeness (QED) is 0.0261. The summed E-state index contributed by atoms with van der Waals surface area (Å²) in [5.74, 6) is -0.848. The highest BCUT2D eigenvalue weighted by Gasteiger charge is 2.19. The van der Waals surface area contributed by atoms with Gasteiger partial charge in [0.05, 0.1) is 0 Å². The van der Waals surface area contributed by atoms with Crippen molar-refractivity contribution in [2.24, 2.45) is 0 Å². The molecule has 0 N–H and O–H groups in total. The number of carbonyl (C=O) groups is 3. The maximum Gasteiger partial charge on any atom is 0.306 e. The number of rotatable bonds is 65. The van der Waals surface area contributed by atoms with Crippen LogP contribution in [0.15, 0.2) is 60.8 Å². The Labute approximate surface area is 498 Å². The minimum Gasteiger partial charge on any atom is -0.462 e. The number of allylic oxidation sites excluding steroid dienone is 10. The fourth-order valence-electron chi connectivity index (χ4n) is 10.5. The van der Waals surface area contributed by atoms with Crippen LogP contribution in [0, 0.1) is 0 Å². The average Bonchev–Trinajstić information content (AvgIpc) is 3.46. The van der Waals surface area contributed by atoms with E-state index < -0.39 is 6.10 Å². The summed E-state index contributed by atoms with van der Waals surface area (Å²) in [6.07, 6.45) is 88.4. The summed E-state index contributed by atoms with van der Waals surface area (Å²) >= 11 is 0. The van der Waals surface area contributed by atoms with Gasteiger partial charge in [-0.05, 0) is 64.2 Å². The van der Waals surface area contributed by atoms with Crippen molar-refractivity contribution in [3.63, 3.8) is 0 Å². The average molecular weight is 1120 g/mol. The van der Waals surface area contributed by atoms with E-state index in [4.69, 9.17) is 14.2 Å². The maximum atomic E-state index is 12.9. The lowest BCUT2D eigenvalue weighted by atomic mass is 10.0. The molecule has 1 atom stereocenters. The Morgan fingerprint density at radius 2 is 0.487 bits per heavy atom. The van der Waals surface area contributed by atoms with Crippen LogP contribution >= 0.6 is 0 Å². The monoisotopic (exact) mass is 1120 g/mol. The van der Waals surface area contributed by atoms with E-state index in [0.717, 1.165) is 89.9 Å². The van der Waals surface area contributed by atoms with Crippen LogP contribution in [0.25, 0.3) is 0 Å². The molecule has 6 nitrogen and oxygen atoms in total. The van der Waals surface area contributed by atoms with Gasteiger partial charge in [0, 0.05) is 19.3 Å².